The monoisotopic (exact) mass is 520 g/mol. The van der Waals surface area contributed by atoms with Crippen LogP contribution in [0.2, 0.25) is 0 Å². The second-order valence-electron chi connectivity index (χ2n) is 9.00. The van der Waals surface area contributed by atoms with Crippen molar-refractivity contribution in [3.63, 3.8) is 0 Å². The van der Waals surface area contributed by atoms with Gasteiger partial charge in [0, 0.05) is 17.4 Å². The molecule has 2 aromatic heterocycles. The van der Waals surface area contributed by atoms with Crippen molar-refractivity contribution in [3.8, 4) is 0 Å². The fraction of sp³-hybridized carbons (Fsp3) is 0.619. The van der Waals surface area contributed by atoms with Crippen LogP contribution in [0.4, 0.5) is 8.78 Å². The molecular weight excluding hydrogens is 493 g/mol. The van der Waals surface area contributed by atoms with Crippen molar-refractivity contribution in [1.29, 1.82) is 0 Å². The van der Waals surface area contributed by atoms with Crippen LogP contribution in [0.5, 0.6) is 0 Å². The van der Waals surface area contributed by atoms with E-state index < -0.39 is 54.7 Å². The zero-order valence-electron chi connectivity index (χ0n) is 18.8. The Bertz CT molecular complexity index is 1200. The first-order valence-corrected chi connectivity index (χ1v) is 12.9. The predicted octanol–water partition coefficient (Wildman–Crippen LogP) is 3.63. The molecule has 4 heterocycles. The van der Waals surface area contributed by atoms with Gasteiger partial charge in [-0.05, 0) is 31.9 Å². The number of ether oxygens (including phenoxy) is 2. The molecule has 2 fully saturated rings. The van der Waals surface area contributed by atoms with Crippen LogP contribution >= 0.6 is 19.8 Å². The van der Waals surface area contributed by atoms with Gasteiger partial charge >= 0.3 is 7.60 Å². The van der Waals surface area contributed by atoms with E-state index in [1.807, 2.05) is 0 Å². The van der Waals surface area contributed by atoms with E-state index in [1.54, 1.807) is 13.8 Å². The number of pyridine rings is 2. The van der Waals surface area contributed by atoms with Crippen molar-refractivity contribution < 1.29 is 42.4 Å². The molecule has 0 amide bonds. The first-order chi connectivity index (χ1) is 15.8. The lowest BCUT2D eigenvalue weighted by Gasteiger charge is -2.36. The van der Waals surface area contributed by atoms with E-state index in [-0.39, 0.29) is 34.3 Å². The van der Waals surface area contributed by atoms with E-state index >= 15 is 0 Å². The summed E-state index contributed by atoms with van der Waals surface area (Å²) in [5.74, 6) is -2.43. The Balaban J connectivity index is 1.61. The van der Waals surface area contributed by atoms with E-state index in [0.717, 1.165) is 6.07 Å². The van der Waals surface area contributed by atoms with Crippen molar-refractivity contribution in [1.82, 2.24) is 9.97 Å². The average Bonchev–Trinajstić information content (AvgIpc) is 3.49. The highest BCUT2D eigenvalue weighted by atomic mass is 32.1. The molecule has 2 aromatic rings. The number of epoxide rings is 1. The molecule has 2 aliphatic rings. The number of hydrogen-bond acceptors (Lipinski definition) is 8. The van der Waals surface area contributed by atoms with Crippen LogP contribution < -0.4 is 0 Å². The molecule has 0 aliphatic carbocycles. The second-order valence-corrected chi connectivity index (χ2v) is 11.6. The van der Waals surface area contributed by atoms with Gasteiger partial charge in [-0.25, -0.2) is 4.39 Å². The highest BCUT2D eigenvalue weighted by molar-refractivity contribution is 7.71. The smallest absolute Gasteiger partial charge is 0.362 e. The maximum Gasteiger partial charge on any atom is 0.362 e. The molecule has 6 unspecified atom stereocenters. The van der Waals surface area contributed by atoms with Gasteiger partial charge in [-0.15, -0.1) is 0 Å². The third-order valence-corrected chi connectivity index (χ3v) is 9.20. The van der Waals surface area contributed by atoms with Crippen molar-refractivity contribution in [2.45, 2.75) is 75.4 Å². The summed E-state index contributed by atoms with van der Waals surface area (Å²) in [4.78, 5) is 16.7. The van der Waals surface area contributed by atoms with Gasteiger partial charge in [-0.2, -0.15) is 9.37 Å². The molecule has 188 valence electrons. The van der Waals surface area contributed by atoms with Crippen LogP contribution in [0.25, 0.3) is 11.0 Å². The molecule has 13 heteroatoms. The van der Waals surface area contributed by atoms with Crippen molar-refractivity contribution in [2.24, 2.45) is 0 Å². The van der Waals surface area contributed by atoms with Crippen molar-refractivity contribution in [3.05, 3.63) is 34.1 Å². The summed E-state index contributed by atoms with van der Waals surface area (Å²) in [6.45, 7) is 5.17. The van der Waals surface area contributed by atoms with E-state index in [4.69, 9.17) is 26.2 Å². The van der Waals surface area contributed by atoms with Gasteiger partial charge in [0.25, 0.3) is 5.95 Å². The normalized spacial score (nSPS) is 31.1. The third kappa shape index (κ3) is 4.46. The van der Waals surface area contributed by atoms with Gasteiger partial charge in [-0.3, -0.25) is 9.09 Å². The molecule has 4 N–H and O–H groups in total. The molecule has 0 aromatic carbocycles. The minimum atomic E-state index is -4.15. The number of aromatic amines is 1. The largest absolute Gasteiger partial charge is 0.388 e. The molecule has 0 radical (unpaired) electrons. The zero-order valence-corrected chi connectivity index (χ0v) is 20.5. The van der Waals surface area contributed by atoms with Gasteiger partial charge < -0.3 is 29.6 Å². The summed E-state index contributed by atoms with van der Waals surface area (Å²) in [6, 6.07) is 2.36. The van der Waals surface area contributed by atoms with Gasteiger partial charge in [0.05, 0.1) is 18.3 Å². The number of hydrogen-bond donors (Lipinski definition) is 4. The number of aromatic nitrogens is 2. The van der Waals surface area contributed by atoms with Crippen LogP contribution in [0, 0.1) is 16.4 Å². The number of aliphatic hydroxyl groups is 2. The van der Waals surface area contributed by atoms with E-state index in [2.05, 4.69) is 9.97 Å². The number of fused-ring (bicyclic) bond motifs is 1. The van der Waals surface area contributed by atoms with Crippen LogP contribution in [0.15, 0.2) is 12.1 Å². The standard InChI is InChI=1S/C21H27F2N2O7PS/c1-4-21(5-2,32-33(28,29)20(3)9-30-20)8-13-14(26)15(27)16(31-13)11-6-10-7-12(22)17(23)24-18(10)25-19(11)34/h6-7,13-16,26-27H,4-5,8-9H2,1-3H3,(H,28,29)(H,24,25,34). The third-order valence-electron chi connectivity index (χ3n) is 6.78. The number of rotatable bonds is 8. The van der Waals surface area contributed by atoms with Gasteiger partial charge in [0.2, 0.25) is 0 Å². The van der Waals surface area contributed by atoms with Gasteiger partial charge in [-0.1, -0.05) is 26.1 Å². The Morgan fingerprint density at radius 2 is 1.97 bits per heavy atom. The van der Waals surface area contributed by atoms with Crippen LogP contribution in [-0.4, -0.2) is 60.9 Å². The second kappa shape index (κ2) is 8.94. The number of halogens is 2. The Morgan fingerprint density at radius 3 is 2.56 bits per heavy atom. The summed E-state index contributed by atoms with van der Waals surface area (Å²) in [7, 11) is -4.15. The first-order valence-electron chi connectivity index (χ1n) is 10.9. The van der Waals surface area contributed by atoms with Gasteiger partial charge in [0.1, 0.15) is 28.6 Å². The molecule has 6 atom stereocenters. The summed E-state index contributed by atoms with van der Waals surface area (Å²) in [5.41, 5.74) is -0.845. The lowest BCUT2D eigenvalue weighted by Crippen LogP contribution is -2.40. The SMILES string of the molecule is CCC(CC)(CC1OC(c2cc3cc(F)c(F)nc3[nH]c2=S)C(O)C1O)OP(=O)(O)C1(C)CO1. The quantitative estimate of drug-likeness (QED) is 0.178. The average molecular weight is 520 g/mol. The molecule has 0 saturated carbocycles. The van der Waals surface area contributed by atoms with Crippen molar-refractivity contribution >= 4 is 30.8 Å². The molecule has 34 heavy (non-hydrogen) atoms. The summed E-state index contributed by atoms with van der Waals surface area (Å²) < 4.78 is 56.9. The maximum absolute atomic E-state index is 13.7. The molecular formula is C21H27F2N2O7PS. The zero-order chi connectivity index (χ0) is 25.1. The lowest BCUT2D eigenvalue weighted by molar-refractivity contribution is -0.0567. The molecule has 9 nitrogen and oxygen atoms in total. The lowest BCUT2D eigenvalue weighted by atomic mass is 9.88. The van der Waals surface area contributed by atoms with E-state index in [1.165, 1.54) is 13.0 Å². The van der Waals surface area contributed by atoms with Crippen molar-refractivity contribution in [2.75, 3.05) is 6.61 Å². The molecule has 2 saturated heterocycles. The highest BCUT2D eigenvalue weighted by Gasteiger charge is 2.60. The predicted molar refractivity (Wildman–Crippen MR) is 120 cm³/mol. The molecule has 0 bridgehead atoms. The number of nitrogens with zero attached hydrogens (tertiary/aromatic N) is 1. The van der Waals surface area contributed by atoms with Crippen LogP contribution in [0.1, 0.15) is 51.7 Å². The minimum absolute atomic E-state index is 0.0147. The minimum Gasteiger partial charge on any atom is -0.388 e. The Morgan fingerprint density at radius 1 is 1.32 bits per heavy atom. The summed E-state index contributed by atoms with van der Waals surface area (Å²) in [5, 5.41) is 20.4. The summed E-state index contributed by atoms with van der Waals surface area (Å²) in [6.07, 6.45) is -4.11. The number of aliphatic hydroxyl groups excluding tert-OH is 2. The first kappa shape index (κ1) is 25.7. The fourth-order valence-electron chi connectivity index (χ4n) is 4.19. The van der Waals surface area contributed by atoms with E-state index in [0.29, 0.717) is 12.8 Å². The Hall–Kier alpha value is -1.37. The summed E-state index contributed by atoms with van der Waals surface area (Å²) >= 11 is 5.30. The van der Waals surface area contributed by atoms with Gasteiger partial charge in [0.15, 0.2) is 11.2 Å². The number of H-pyrrole nitrogens is 1. The number of nitrogens with one attached hydrogen (secondary N) is 1. The maximum atomic E-state index is 13.7. The fourth-order valence-corrected chi connectivity index (χ4v) is 5.90. The molecule has 0 spiro atoms. The van der Waals surface area contributed by atoms with E-state index in [9.17, 15) is 28.5 Å². The Kier molecular flexibility index (Phi) is 6.76. The Labute approximate surface area is 199 Å². The highest BCUT2D eigenvalue weighted by Crippen LogP contribution is 2.65. The topological polar surface area (TPSA) is 137 Å². The molecule has 2 aliphatic heterocycles. The molecule has 4 rings (SSSR count). The van der Waals surface area contributed by atoms with Crippen LogP contribution in [-0.2, 0) is 18.6 Å². The van der Waals surface area contributed by atoms with Crippen LogP contribution in [0.3, 0.4) is 0 Å².